The van der Waals surface area contributed by atoms with Crippen LogP contribution in [0, 0.1) is 10.1 Å². The molecule has 0 fully saturated rings. The number of nitro benzene ring substituents is 1. The predicted molar refractivity (Wildman–Crippen MR) is 78.4 cm³/mol. The van der Waals surface area contributed by atoms with Crippen molar-refractivity contribution in [2.75, 3.05) is 6.54 Å². The number of hydrogen-bond acceptors (Lipinski definition) is 3. The molecule has 0 radical (unpaired) electrons. The van der Waals surface area contributed by atoms with Crippen LogP contribution >= 0.6 is 0 Å². The highest BCUT2D eigenvalue weighted by molar-refractivity contribution is 6.04. The maximum atomic E-state index is 11.1. The fraction of sp³-hybridized carbons (Fsp3) is 0.188. The third-order valence-corrected chi connectivity index (χ3v) is 3.56. The topological polar surface area (TPSA) is 55.5 Å². The molecule has 0 unspecified atom stereocenters. The molecule has 2 aromatic rings. The Kier molecular flexibility index (Phi) is 3.29. The van der Waals surface area contributed by atoms with Crippen molar-refractivity contribution in [1.82, 2.24) is 0 Å². The summed E-state index contributed by atoms with van der Waals surface area (Å²) in [6.45, 7) is 0.757. The van der Waals surface area contributed by atoms with E-state index >= 15 is 0 Å². The maximum Gasteiger partial charge on any atom is 0.272 e. The van der Waals surface area contributed by atoms with Crippen LogP contribution in [0.3, 0.4) is 0 Å². The normalized spacial score (nSPS) is 13.5. The highest BCUT2D eigenvalue weighted by atomic mass is 16.6. The molecule has 0 saturated carbocycles. The van der Waals surface area contributed by atoms with Crippen LogP contribution in [0.4, 0.5) is 5.69 Å². The van der Waals surface area contributed by atoms with E-state index in [1.54, 1.807) is 18.2 Å². The smallest absolute Gasteiger partial charge is 0.272 e. The average Bonchev–Trinajstić information content (AvgIpc) is 2.48. The van der Waals surface area contributed by atoms with Crippen molar-refractivity contribution < 1.29 is 4.92 Å². The molecule has 0 atom stereocenters. The molecule has 1 aliphatic heterocycles. The number of benzene rings is 2. The molecule has 0 amide bonds. The van der Waals surface area contributed by atoms with Gasteiger partial charge in [-0.2, -0.15) is 0 Å². The van der Waals surface area contributed by atoms with E-state index in [1.165, 1.54) is 5.56 Å². The zero-order valence-electron chi connectivity index (χ0n) is 11.0. The molecule has 0 aliphatic carbocycles. The minimum absolute atomic E-state index is 0.165. The molecule has 0 aromatic heterocycles. The van der Waals surface area contributed by atoms with Gasteiger partial charge in [0, 0.05) is 30.3 Å². The molecule has 0 N–H and O–H groups in total. The molecule has 0 spiro atoms. The fourth-order valence-electron chi connectivity index (χ4n) is 2.59. The van der Waals surface area contributed by atoms with Gasteiger partial charge < -0.3 is 0 Å². The summed E-state index contributed by atoms with van der Waals surface area (Å²) in [6.07, 6.45) is 1.45. The Bertz CT molecular complexity index is 692. The summed E-state index contributed by atoms with van der Waals surface area (Å²) in [7, 11) is 0. The lowest BCUT2D eigenvalue weighted by Crippen LogP contribution is -2.15. The fourth-order valence-corrected chi connectivity index (χ4v) is 2.59. The Morgan fingerprint density at radius 3 is 2.70 bits per heavy atom. The van der Waals surface area contributed by atoms with Crippen molar-refractivity contribution in [2.24, 2.45) is 4.99 Å². The number of nitro groups is 1. The van der Waals surface area contributed by atoms with Gasteiger partial charge in [-0.05, 0) is 17.5 Å². The van der Waals surface area contributed by atoms with E-state index in [0.29, 0.717) is 12.0 Å². The van der Waals surface area contributed by atoms with E-state index in [2.05, 4.69) is 11.1 Å². The van der Waals surface area contributed by atoms with Gasteiger partial charge in [-0.1, -0.05) is 42.5 Å². The largest absolute Gasteiger partial charge is 0.288 e. The number of rotatable bonds is 3. The van der Waals surface area contributed by atoms with E-state index in [4.69, 9.17) is 0 Å². The van der Waals surface area contributed by atoms with Crippen LogP contribution in [-0.4, -0.2) is 17.2 Å². The van der Waals surface area contributed by atoms with E-state index < -0.39 is 0 Å². The lowest BCUT2D eigenvalue weighted by molar-refractivity contribution is -0.385. The second kappa shape index (κ2) is 5.25. The van der Waals surface area contributed by atoms with Gasteiger partial charge in [-0.3, -0.25) is 15.1 Å². The van der Waals surface area contributed by atoms with Crippen molar-refractivity contribution in [1.29, 1.82) is 0 Å². The summed E-state index contributed by atoms with van der Waals surface area (Å²) in [4.78, 5) is 15.3. The van der Waals surface area contributed by atoms with Crippen molar-refractivity contribution in [3.63, 3.8) is 0 Å². The maximum absolute atomic E-state index is 11.1. The Labute approximate surface area is 116 Å². The van der Waals surface area contributed by atoms with Crippen molar-refractivity contribution >= 4 is 11.4 Å². The second-order valence-electron chi connectivity index (χ2n) is 4.80. The Hall–Kier alpha value is -2.49. The van der Waals surface area contributed by atoms with Crippen molar-refractivity contribution in [3.05, 3.63) is 75.3 Å². The molecule has 4 heteroatoms. The van der Waals surface area contributed by atoms with Crippen LogP contribution in [-0.2, 0) is 12.8 Å². The monoisotopic (exact) mass is 266 g/mol. The molecule has 0 saturated heterocycles. The summed E-state index contributed by atoms with van der Waals surface area (Å²) in [5.41, 5.74) is 4.22. The summed E-state index contributed by atoms with van der Waals surface area (Å²) >= 11 is 0. The average molecular weight is 266 g/mol. The van der Waals surface area contributed by atoms with Crippen LogP contribution in [0.15, 0.2) is 53.5 Å². The van der Waals surface area contributed by atoms with Crippen LogP contribution < -0.4 is 0 Å². The zero-order valence-corrected chi connectivity index (χ0v) is 11.0. The van der Waals surface area contributed by atoms with Gasteiger partial charge in [0.25, 0.3) is 5.69 Å². The first-order valence-electron chi connectivity index (χ1n) is 6.59. The number of fused-ring (bicyclic) bond motifs is 1. The van der Waals surface area contributed by atoms with Gasteiger partial charge in [0.1, 0.15) is 0 Å². The molecule has 100 valence electrons. The van der Waals surface area contributed by atoms with Crippen molar-refractivity contribution in [2.45, 2.75) is 12.8 Å². The Morgan fingerprint density at radius 2 is 1.85 bits per heavy atom. The molecular formula is C16H14N2O2. The van der Waals surface area contributed by atoms with Crippen LogP contribution in [0.1, 0.15) is 16.7 Å². The van der Waals surface area contributed by atoms with Crippen LogP contribution in [0.25, 0.3) is 0 Å². The quantitative estimate of drug-likeness (QED) is 0.632. The van der Waals surface area contributed by atoms with Gasteiger partial charge in [-0.25, -0.2) is 0 Å². The second-order valence-corrected chi connectivity index (χ2v) is 4.80. The molecule has 0 bridgehead atoms. The standard InChI is InChI=1S/C16H14N2O2/c19-18(20)16-8-4-2-6-13(16)11-15-14-7-3-1-5-12(14)9-10-17-15/h1-8H,9-11H2. The summed E-state index contributed by atoms with van der Waals surface area (Å²) < 4.78 is 0. The third kappa shape index (κ3) is 2.32. The molecule has 3 rings (SSSR count). The van der Waals surface area contributed by atoms with Gasteiger partial charge in [0.15, 0.2) is 0 Å². The first-order chi connectivity index (χ1) is 9.75. The third-order valence-electron chi connectivity index (χ3n) is 3.56. The lowest BCUT2D eigenvalue weighted by Gasteiger charge is -2.16. The molecule has 1 aliphatic rings. The molecule has 2 aromatic carbocycles. The summed E-state index contributed by atoms with van der Waals surface area (Å²) in [6, 6.07) is 15.0. The van der Waals surface area contributed by atoms with Crippen LogP contribution in [0.2, 0.25) is 0 Å². The van der Waals surface area contributed by atoms with E-state index in [0.717, 1.165) is 24.2 Å². The molecule has 4 nitrogen and oxygen atoms in total. The Balaban J connectivity index is 1.97. The lowest BCUT2D eigenvalue weighted by atomic mass is 9.93. The zero-order chi connectivity index (χ0) is 13.9. The minimum Gasteiger partial charge on any atom is -0.288 e. The van der Waals surface area contributed by atoms with Gasteiger partial charge in [-0.15, -0.1) is 0 Å². The first-order valence-corrected chi connectivity index (χ1v) is 6.59. The first kappa shape index (κ1) is 12.5. The van der Waals surface area contributed by atoms with Gasteiger partial charge in [0.2, 0.25) is 0 Å². The SMILES string of the molecule is O=[N+]([O-])c1ccccc1CC1=NCCc2ccccc21. The van der Waals surface area contributed by atoms with E-state index in [1.807, 2.05) is 24.3 Å². The number of aliphatic imine (C=N–C) groups is 1. The van der Waals surface area contributed by atoms with E-state index in [-0.39, 0.29) is 10.6 Å². The minimum atomic E-state index is -0.329. The highest BCUT2D eigenvalue weighted by Gasteiger charge is 2.18. The number of hydrogen-bond donors (Lipinski definition) is 0. The van der Waals surface area contributed by atoms with Crippen molar-refractivity contribution in [3.8, 4) is 0 Å². The molecule has 20 heavy (non-hydrogen) atoms. The summed E-state index contributed by atoms with van der Waals surface area (Å²) in [5.74, 6) is 0. The molecular weight excluding hydrogens is 252 g/mol. The predicted octanol–water partition coefficient (Wildman–Crippen LogP) is 3.18. The van der Waals surface area contributed by atoms with E-state index in [9.17, 15) is 10.1 Å². The Morgan fingerprint density at radius 1 is 1.10 bits per heavy atom. The number of para-hydroxylation sites is 1. The van der Waals surface area contributed by atoms with Gasteiger partial charge >= 0.3 is 0 Å². The van der Waals surface area contributed by atoms with Crippen LogP contribution in [0.5, 0.6) is 0 Å². The molecule has 1 heterocycles. The van der Waals surface area contributed by atoms with Gasteiger partial charge in [0.05, 0.1) is 4.92 Å². The highest BCUT2D eigenvalue weighted by Crippen LogP contribution is 2.23. The summed E-state index contributed by atoms with van der Waals surface area (Å²) in [5, 5.41) is 11.1. The number of nitrogens with zero attached hydrogens (tertiary/aromatic N) is 2.